The van der Waals surface area contributed by atoms with Gasteiger partial charge < -0.3 is 5.32 Å². The Morgan fingerprint density at radius 1 is 1.24 bits per heavy atom. The van der Waals surface area contributed by atoms with Crippen molar-refractivity contribution in [3.63, 3.8) is 0 Å². The molecule has 1 aliphatic carbocycles. The summed E-state index contributed by atoms with van der Waals surface area (Å²) in [7, 11) is -0.623. The van der Waals surface area contributed by atoms with E-state index < -0.39 is 10.8 Å². The maximum absolute atomic E-state index is 12.3. The van der Waals surface area contributed by atoms with Gasteiger partial charge in [0.05, 0.1) is 5.25 Å². The summed E-state index contributed by atoms with van der Waals surface area (Å²) < 4.78 is 12.3. The van der Waals surface area contributed by atoms with Gasteiger partial charge in [-0.25, -0.2) is 0 Å². The molecule has 0 radical (unpaired) electrons. The van der Waals surface area contributed by atoms with Crippen LogP contribution in [0, 0.1) is 5.92 Å². The first kappa shape index (κ1) is 15.2. The lowest BCUT2D eigenvalue weighted by Gasteiger charge is -2.35. The molecule has 4 unspecified atom stereocenters. The summed E-state index contributed by atoms with van der Waals surface area (Å²) >= 11 is 0. The average Bonchev–Trinajstić information content (AvgIpc) is 2.34. The van der Waals surface area contributed by atoms with Gasteiger partial charge in [-0.1, -0.05) is 27.2 Å². The van der Waals surface area contributed by atoms with Gasteiger partial charge in [0.2, 0.25) is 0 Å². The molecular formula is C14H29NOS. The quantitative estimate of drug-likeness (QED) is 0.761. The van der Waals surface area contributed by atoms with Gasteiger partial charge in [-0.15, -0.1) is 0 Å². The van der Waals surface area contributed by atoms with Gasteiger partial charge in [-0.05, 0) is 44.6 Å². The lowest BCUT2D eigenvalue weighted by atomic mass is 9.87. The van der Waals surface area contributed by atoms with Crippen molar-refractivity contribution in [1.82, 2.24) is 5.32 Å². The van der Waals surface area contributed by atoms with Gasteiger partial charge >= 0.3 is 0 Å². The predicted molar refractivity (Wildman–Crippen MR) is 76.8 cm³/mol. The van der Waals surface area contributed by atoms with Crippen molar-refractivity contribution >= 4 is 10.8 Å². The Morgan fingerprint density at radius 3 is 2.65 bits per heavy atom. The zero-order valence-electron chi connectivity index (χ0n) is 11.7. The molecule has 0 aromatic heterocycles. The first-order valence-electron chi connectivity index (χ1n) is 7.29. The van der Waals surface area contributed by atoms with E-state index in [4.69, 9.17) is 0 Å². The van der Waals surface area contributed by atoms with Crippen LogP contribution in [0.15, 0.2) is 0 Å². The molecule has 0 bridgehead atoms. The lowest BCUT2D eigenvalue weighted by molar-refractivity contribution is 0.313. The molecule has 4 atom stereocenters. The molecule has 102 valence electrons. The van der Waals surface area contributed by atoms with Crippen LogP contribution in [0.2, 0.25) is 0 Å². The number of unbranched alkanes of at least 4 members (excludes halogenated alkanes) is 1. The number of rotatable bonds is 7. The van der Waals surface area contributed by atoms with E-state index in [2.05, 4.69) is 26.1 Å². The molecule has 0 aromatic rings. The van der Waals surface area contributed by atoms with Gasteiger partial charge in [0.25, 0.3) is 0 Å². The fraction of sp³-hybridized carbons (Fsp3) is 1.00. The third-order valence-electron chi connectivity index (χ3n) is 3.75. The fourth-order valence-electron chi connectivity index (χ4n) is 2.62. The molecule has 0 heterocycles. The molecule has 1 N–H and O–H groups in total. The summed E-state index contributed by atoms with van der Waals surface area (Å²) in [4.78, 5) is 0. The predicted octanol–water partition coefficient (Wildman–Crippen LogP) is 3.09. The Morgan fingerprint density at radius 2 is 2.00 bits per heavy atom. The largest absolute Gasteiger partial charge is 0.313 e. The Hall–Kier alpha value is 0.110. The van der Waals surface area contributed by atoms with Crippen molar-refractivity contribution in [3.8, 4) is 0 Å². The zero-order chi connectivity index (χ0) is 12.7. The van der Waals surface area contributed by atoms with E-state index in [1.54, 1.807) is 0 Å². The molecule has 17 heavy (non-hydrogen) atoms. The fourth-order valence-corrected chi connectivity index (χ4v) is 4.64. The average molecular weight is 259 g/mol. The van der Waals surface area contributed by atoms with Crippen LogP contribution in [-0.4, -0.2) is 27.8 Å². The lowest BCUT2D eigenvalue weighted by Crippen LogP contribution is -2.46. The molecule has 0 aliphatic heterocycles. The van der Waals surface area contributed by atoms with Crippen molar-refractivity contribution in [3.05, 3.63) is 0 Å². The normalized spacial score (nSPS) is 31.4. The Labute approximate surface area is 109 Å². The minimum atomic E-state index is -0.623. The standard InChI is InChI=1S/C14H29NOS/c1-4-6-10-17(16)14-11-12(3)7-8-13(14)15-9-5-2/h12-15H,4-11H2,1-3H3. The summed E-state index contributed by atoms with van der Waals surface area (Å²) in [6.45, 7) is 7.75. The highest BCUT2D eigenvalue weighted by Gasteiger charge is 2.31. The van der Waals surface area contributed by atoms with Crippen LogP contribution in [-0.2, 0) is 10.8 Å². The van der Waals surface area contributed by atoms with Gasteiger partial charge in [-0.2, -0.15) is 0 Å². The van der Waals surface area contributed by atoms with Gasteiger partial charge in [0.1, 0.15) is 0 Å². The highest BCUT2D eigenvalue weighted by molar-refractivity contribution is 7.85. The molecule has 0 amide bonds. The van der Waals surface area contributed by atoms with Crippen molar-refractivity contribution < 1.29 is 4.21 Å². The number of nitrogens with one attached hydrogen (secondary N) is 1. The smallest absolute Gasteiger partial charge is 0.0503 e. The zero-order valence-corrected chi connectivity index (χ0v) is 12.5. The first-order valence-corrected chi connectivity index (χ1v) is 8.67. The van der Waals surface area contributed by atoms with Crippen molar-refractivity contribution in [1.29, 1.82) is 0 Å². The van der Waals surface area contributed by atoms with E-state index in [1.807, 2.05) is 0 Å². The second kappa shape index (κ2) is 8.25. The van der Waals surface area contributed by atoms with E-state index in [0.29, 0.717) is 11.3 Å². The van der Waals surface area contributed by atoms with Crippen molar-refractivity contribution in [2.24, 2.45) is 5.92 Å². The molecule has 2 nitrogen and oxygen atoms in total. The second-order valence-electron chi connectivity index (χ2n) is 5.46. The maximum atomic E-state index is 12.3. The summed E-state index contributed by atoms with van der Waals surface area (Å²) in [5, 5.41) is 4.01. The Kier molecular flexibility index (Phi) is 7.36. The molecule has 1 saturated carbocycles. The summed E-state index contributed by atoms with van der Waals surface area (Å²) in [5.41, 5.74) is 0. The van der Waals surface area contributed by atoms with E-state index in [9.17, 15) is 4.21 Å². The molecule has 1 fully saturated rings. The van der Waals surface area contributed by atoms with Gasteiger partial charge in [0, 0.05) is 22.6 Å². The maximum Gasteiger partial charge on any atom is 0.0503 e. The van der Waals surface area contributed by atoms with Crippen LogP contribution in [0.1, 0.15) is 59.3 Å². The van der Waals surface area contributed by atoms with Crippen molar-refractivity contribution in [2.75, 3.05) is 12.3 Å². The summed E-state index contributed by atoms with van der Waals surface area (Å²) in [6.07, 6.45) is 7.09. The van der Waals surface area contributed by atoms with Crippen LogP contribution >= 0.6 is 0 Å². The summed E-state index contributed by atoms with van der Waals surface area (Å²) in [5.74, 6) is 1.66. The van der Waals surface area contributed by atoms with E-state index in [0.717, 1.165) is 37.5 Å². The monoisotopic (exact) mass is 259 g/mol. The topological polar surface area (TPSA) is 29.1 Å². The SMILES string of the molecule is CCCCS(=O)C1CC(C)CCC1NCCC. The van der Waals surface area contributed by atoms with Crippen LogP contribution < -0.4 is 5.32 Å². The molecule has 0 spiro atoms. The third-order valence-corrected chi connectivity index (χ3v) is 5.63. The van der Waals surface area contributed by atoms with Crippen LogP contribution in [0.5, 0.6) is 0 Å². The molecule has 1 aliphatic rings. The first-order chi connectivity index (χ1) is 8.19. The van der Waals surface area contributed by atoms with Crippen LogP contribution in [0.3, 0.4) is 0 Å². The van der Waals surface area contributed by atoms with E-state index in [-0.39, 0.29) is 0 Å². The number of hydrogen-bond donors (Lipinski definition) is 1. The van der Waals surface area contributed by atoms with Gasteiger partial charge in [-0.3, -0.25) is 4.21 Å². The molecule has 1 rings (SSSR count). The minimum absolute atomic E-state index is 0.400. The highest BCUT2D eigenvalue weighted by Crippen LogP contribution is 2.28. The minimum Gasteiger partial charge on any atom is -0.313 e. The third kappa shape index (κ3) is 5.09. The van der Waals surface area contributed by atoms with Crippen molar-refractivity contribution in [2.45, 2.75) is 70.6 Å². The highest BCUT2D eigenvalue weighted by atomic mass is 32.2. The molecular weight excluding hydrogens is 230 g/mol. The number of hydrogen-bond acceptors (Lipinski definition) is 2. The summed E-state index contributed by atoms with van der Waals surface area (Å²) in [6, 6.07) is 0.504. The van der Waals surface area contributed by atoms with Gasteiger partial charge in [0.15, 0.2) is 0 Å². The van der Waals surface area contributed by atoms with E-state index in [1.165, 1.54) is 19.3 Å². The Balaban J connectivity index is 2.51. The molecule has 3 heteroatoms. The van der Waals surface area contributed by atoms with E-state index >= 15 is 0 Å². The Bertz CT molecular complexity index is 230. The second-order valence-corrected chi connectivity index (χ2v) is 7.23. The van der Waals surface area contributed by atoms with Crippen LogP contribution in [0.4, 0.5) is 0 Å². The molecule has 0 aromatic carbocycles. The molecule has 0 saturated heterocycles. The van der Waals surface area contributed by atoms with Crippen LogP contribution in [0.25, 0.3) is 0 Å².